The Morgan fingerprint density at radius 1 is 1.04 bits per heavy atom. The van der Waals surface area contributed by atoms with Crippen LogP contribution in [-0.4, -0.2) is 60.4 Å². The summed E-state index contributed by atoms with van der Waals surface area (Å²) in [5.41, 5.74) is 1.01. The molecule has 1 N–H and O–H groups in total. The molecule has 5 nitrogen and oxygen atoms in total. The maximum absolute atomic E-state index is 12.2. The topological polar surface area (TPSA) is 52.7 Å². The summed E-state index contributed by atoms with van der Waals surface area (Å²) in [6.45, 7) is 2.87. The lowest BCUT2D eigenvalue weighted by atomic mass is 10.2. The molecule has 1 aliphatic heterocycles. The second-order valence-corrected chi connectivity index (χ2v) is 6.11. The predicted octanol–water partition coefficient (Wildman–Crippen LogP) is 1.12. The molecule has 1 aliphatic carbocycles. The average Bonchev–Trinajstić information content (AvgIpc) is 3.43. The van der Waals surface area contributed by atoms with E-state index in [4.69, 9.17) is 0 Å². The van der Waals surface area contributed by atoms with Gasteiger partial charge in [-0.2, -0.15) is 0 Å². The summed E-state index contributed by atoms with van der Waals surface area (Å²) in [5, 5.41) is 3.24. The number of hydrogen-bond donors (Lipinski definition) is 1. The van der Waals surface area contributed by atoms with Gasteiger partial charge in [-0.3, -0.25) is 9.59 Å². The van der Waals surface area contributed by atoms with Gasteiger partial charge >= 0.3 is 0 Å². The Hall–Kier alpha value is -2.14. The van der Waals surface area contributed by atoms with E-state index in [0.717, 1.165) is 5.56 Å². The lowest BCUT2D eigenvalue weighted by molar-refractivity contribution is -0.136. The van der Waals surface area contributed by atoms with E-state index in [1.165, 1.54) is 12.8 Å². The Kier molecular flexibility index (Phi) is 5.08. The van der Waals surface area contributed by atoms with E-state index >= 15 is 0 Å². The molecular weight excluding hydrogens is 290 g/mol. The number of amides is 2. The van der Waals surface area contributed by atoms with Crippen LogP contribution >= 0.6 is 0 Å². The van der Waals surface area contributed by atoms with E-state index in [2.05, 4.69) is 5.32 Å². The molecule has 3 rings (SSSR count). The Morgan fingerprint density at radius 3 is 2.35 bits per heavy atom. The van der Waals surface area contributed by atoms with Gasteiger partial charge in [0.2, 0.25) is 11.8 Å². The molecule has 1 heterocycles. The van der Waals surface area contributed by atoms with Crippen LogP contribution in [0.3, 0.4) is 0 Å². The summed E-state index contributed by atoms with van der Waals surface area (Å²) < 4.78 is 0. The molecule has 0 aromatic heterocycles. The van der Waals surface area contributed by atoms with Gasteiger partial charge in [0, 0.05) is 38.3 Å². The minimum Gasteiger partial charge on any atom is -0.338 e. The highest BCUT2D eigenvalue weighted by atomic mass is 16.2. The molecule has 1 aromatic carbocycles. The summed E-state index contributed by atoms with van der Waals surface area (Å²) in [7, 11) is 0. The number of piperazine rings is 1. The van der Waals surface area contributed by atoms with Gasteiger partial charge < -0.3 is 15.1 Å². The Labute approximate surface area is 137 Å². The molecule has 0 bridgehead atoms. The first-order valence-corrected chi connectivity index (χ1v) is 8.25. The number of hydrogen-bond acceptors (Lipinski definition) is 3. The van der Waals surface area contributed by atoms with Crippen molar-refractivity contribution in [3.8, 4) is 0 Å². The van der Waals surface area contributed by atoms with Crippen LogP contribution in [0.25, 0.3) is 6.08 Å². The second kappa shape index (κ2) is 7.42. The molecule has 0 radical (unpaired) electrons. The van der Waals surface area contributed by atoms with Gasteiger partial charge in [-0.25, -0.2) is 0 Å². The van der Waals surface area contributed by atoms with Crippen molar-refractivity contribution in [1.82, 2.24) is 15.1 Å². The summed E-state index contributed by atoms with van der Waals surface area (Å²) in [6.07, 6.45) is 5.81. The normalized spacial score (nSPS) is 18.4. The molecule has 1 saturated carbocycles. The fraction of sp³-hybridized carbons (Fsp3) is 0.444. The number of nitrogens with one attached hydrogen (secondary N) is 1. The molecule has 23 heavy (non-hydrogen) atoms. The van der Waals surface area contributed by atoms with Crippen molar-refractivity contribution in [2.45, 2.75) is 18.9 Å². The first-order chi connectivity index (χ1) is 11.2. The van der Waals surface area contributed by atoms with E-state index in [-0.39, 0.29) is 11.8 Å². The molecule has 2 fully saturated rings. The smallest absolute Gasteiger partial charge is 0.246 e. The molecule has 1 aromatic rings. The van der Waals surface area contributed by atoms with Crippen molar-refractivity contribution in [1.29, 1.82) is 0 Å². The van der Waals surface area contributed by atoms with Gasteiger partial charge in [-0.15, -0.1) is 0 Å². The monoisotopic (exact) mass is 313 g/mol. The minimum absolute atomic E-state index is 0.0112. The van der Waals surface area contributed by atoms with Crippen LogP contribution in [0.2, 0.25) is 0 Å². The minimum atomic E-state index is 0.0112. The number of benzene rings is 1. The van der Waals surface area contributed by atoms with Crippen LogP contribution in [-0.2, 0) is 9.59 Å². The van der Waals surface area contributed by atoms with Gasteiger partial charge in [0.25, 0.3) is 0 Å². The highest BCUT2D eigenvalue weighted by Crippen LogP contribution is 2.18. The first kappa shape index (κ1) is 15.7. The zero-order valence-electron chi connectivity index (χ0n) is 13.3. The van der Waals surface area contributed by atoms with Crippen LogP contribution in [0.1, 0.15) is 18.4 Å². The van der Waals surface area contributed by atoms with E-state index in [9.17, 15) is 9.59 Å². The van der Waals surface area contributed by atoms with Gasteiger partial charge in [-0.1, -0.05) is 30.3 Å². The molecule has 0 atom stereocenters. The third-order valence-corrected chi connectivity index (χ3v) is 4.28. The van der Waals surface area contributed by atoms with Crippen molar-refractivity contribution in [3.05, 3.63) is 42.0 Å². The maximum atomic E-state index is 12.2. The Balaban J connectivity index is 1.43. The lowest BCUT2D eigenvalue weighted by Crippen LogP contribution is -2.52. The Bertz CT molecular complexity index is 573. The van der Waals surface area contributed by atoms with Crippen LogP contribution in [0, 0.1) is 0 Å². The molecule has 2 amide bonds. The molecule has 122 valence electrons. The molecule has 0 unspecified atom stereocenters. The molecule has 2 aliphatic rings. The lowest BCUT2D eigenvalue weighted by Gasteiger charge is -2.34. The van der Waals surface area contributed by atoms with Crippen molar-refractivity contribution in [2.75, 3.05) is 32.7 Å². The fourth-order valence-corrected chi connectivity index (χ4v) is 2.64. The maximum Gasteiger partial charge on any atom is 0.246 e. The van der Waals surface area contributed by atoms with E-state index in [1.54, 1.807) is 11.0 Å². The van der Waals surface area contributed by atoms with Crippen molar-refractivity contribution in [3.63, 3.8) is 0 Å². The number of nitrogens with zero attached hydrogens (tertiary/aromatic N) is 2. The third-order valence-electron chi connectivity index (χ3n) is 4.28. The fourth-order valence-electron chi connectivity index (χ4n) is 2.64. The van der Waals surface area contributed by atoms with Gasteiger partial charge in [0.05, 0.1) is 6.54 Å². The largest absolute Gasteiger partial charge is 0.338 e. The van der Waals surface area contributed by atoms with Gasteiger partial charge in [-0.05, 0) is 24.5 Å². The molecule has 5 heteroatoms. The van der Waals surface area contributed by atoms with Crippen molar-refractivity contribution >= 4 is 17.9 Å². The standard InChI is InChI=1S/C18H23N3O2/c22-17(9-6-15-4-2-1-3-5-15)20-10-12-21(13-11-20)18(23)14-19-16-7-8-16/h1-6,9,16,19H,7-8,10-14H2/b9-6+. The summed E-state index contributed by atoms with van der Waals surface area (Å²) in [6, 6.07) is 10.3. The van der Waals surface area contributed by atoms with Crippen LogP contribution in [0.4, 0.5) is 0 Å². The van der Waals surface area contributed by atoms with E-state index in [0.29, 0.717) is 38.8 Å². The number of carbonyl (C=O) groups excluding carboxylic acids is 2. The summed E-state index contributed by atoms with van der Waals surface area (Å²) in [4.78, 5) is 27.9. The van der Waals surface area contributed by atoms with Gasteiger partial charge in [0.1, 0.15) is 0 Å². The predicted molar refractivity (Wildman–Crippen MR) is 89.7 cm³/mol. The molecular formula is C18H23N3O2. The average molecular weight is 313 g/mol. The SMILES string of the molecule is O=C(/C=C/c1ccccc1)N1CCN(C(=O)CNC2CC2)CC1. The van der Waals surface area contributed by atoms with Crippen LogP contribution in [0.15, 0.2) is 36.4 Å². The third kappa shape index (κ3) is 4.66. The first-order valence-electron chi connectivity index (χ1n) is 8.25. The summed E-state index contributed by atoms with van der Waals surface area (Å²) in [5.74, 6) is 0.154. The number of rotatable bonds is 5. The zero-order chi connectivity index (χ0) is 16.1. The zero-order valence-corrected chi connectivity index (χ0v) is 13.3. The quantitative estimate of drug-likeness (QED) is 0.829. The van der Waals surface area contributed by atoms with Crippen molar-refractivity contribution in [2.24, 2.45) is 0 Å². The Morgan fingerprint density at radius 2 is 1.70 bits per heavy atom. The van der Waals surface area contributed by atoms with Gasteiger partial charge in [0.15, 0.2) is 0 Å². The molecule has 1 saturated heterocycles. The van der Waals surface area contributed by atoms with E-state index in [1.807, 2.05) is 41.3 Å². The van der Waals surface area contributed by atoms with Crippen LogP contribution in [0.5, 0.6) is 0 Å². The van der Waals surface area contributed by atoms with Crippen LogP contribution < -0.4 is 5.32 Å². The second-order valence-electron chi connectivity index (χ2n) is 6.11. The number of carbonyl (C=O) groups is 2. The molecule has 0 spiro atoms. The van der Waals surface area contributed by atoms with Crippen molar-refractivity contribution < 1.29 is 9.59 Å². The highest BCUT2D eigenvalue weighted by Gasteiger charge is 2.25. The highest BCUT2D eigenvalue weighted by molar-refractivity contribution is 5.92. The summed E-state index contributed by atoms with van der Waals surface area (Å²) >= 11 is 0. The van der Waals surface area contributed by atoms with E-state index < -0.39 is 0 Å².